The average Bonchev–Trinajstić information content (AvgIpc) is 2.66. The first kappa shape index (κ1) is 21.3. The molecular formula is C21H25FN2O4S. The summed E-state index contributed by atoms with van der Waals surface area (Å²) in [6.45, 7) is 4.72. The molecule has 0 saturated heterocycles. The fourth-order valence-corrected chi connectivity index (χ4v) is 5.11. The van der Waals surface area contributed by atoms with E-state index >= 15 is 0 Å². The van der Waals surface area contributed by atoms with E-state index in [1.165, 1.54) is 6.07 Å². The Labute approximate surface area is 170 Å². The van der Waals surface area contributed by atoms with Crippen molar-refractivity contribution in [3.8, 4) is 0 Å². The predicted molar refractivity (Wildman–Crippen MR) is 109 cm³/mol. The maximum absolute atomic E-state index is 14.2. The summed E-state index contributed by atoms with van der Waals surface area (Å²) < 4.78 is 49.2. The molecule has 29 heavy (non-hydrogen) atoms. The summed E-state index contributed by atoms with van der Waals surface area (Å²) in [7, 11) is -4.04. The molecule has 0 amide bonds. The smallest absolute Gasteiger partial charge is 0.301 e. The van der Waals surface area contributed by atoms with E-state index in [9.17, 15) is 17.9 Å². The Hall–Kier alpha value is -2.45. The summed E-state index contributed by atoms with van der Waals surface area (Å²) in [5.74, 6) is -0.467. The van der Waals surface area contributed by atoms with Crippen molar-refractivity contribution < 1.29 is 22.7 Å². The zero-order valence-corrected chi connectivity index (χ0v) is 17.4. The van der Waals surface area contributed by atoms with Gasteiger partial charge in [0.05, 0.1) is 6.04 Å². The predicted octanol–water partition coefficient (Wildman–Crippen LogP) is 3.25. The van der Waals surface area contributed by atoms with Gasteiger partial charge in [0.2, 0.25) is 0 Å². The maximum atomic E-state index is 14.2. The molecular weight excluding hydrogens is 395 g/mol. The average molecular weight is 421 g/mol. The highest BCUT2D eigenvalue weighted by atomic mass is 32.2. The number of hydrogen-bond donors (Lipinski definition) is 2. The SMILES string of the molecule is CC1(C)OC(N[C@@H](CCO)c2ccccc2F)=NS(=O)(=O)C1(C)c1ccccc1. The minimum atomic E-state index is -4.04. The zero-order valence-electron chi connectivity index (χ0n) is 16.6. The van der Waals surface area contributed by atoms with E-state index in [1.807, 2.05) is 0 Å². The second kappa shape index (κ2) is 7.76. The molecule has 1 aliphatic rings. The van der Waals surface area contributed by atoms with Gasteiger partial charge in [-0.1, -0.05) is 48.5 Å². The highest BCUT2D eigenvalue weighted by molar-refractivity contribution is 7.91. The topological polar surface area (TPSA) is 88.0 Å². The van der Waals surface area contributed by atoms with Crippen LogP contribution >= 0.6 is 0 Å². The van der Waals surface area contributed by atoms with Crippen LogP contribution in [0.25, 0.3) is 0 Å². The van der Waals surface area contributed by atoms with Gasteiger partial charge in [-0.25, -0.2) is 12.8 Å². The van der Waals surface area contributed by atoms with E-state index in [0.717, 1.165) is 0 Å². The van der Waals surface area contributed by atoms with Crippen molar-refractivity contribution in [1.29, 1.82) is 0 Å². The Morgan fingerprint density at radius 3 is 2.31 bits per heavy atom. The number of sulfonamides is 1. The van der Waals surface area contributed by atoms with Gasteiger partial charge in [0.1, 0.15) is 11.4 Å². The van der Waals surface area contributed by atoms with Crippen LogP contribution < -0.4 is 5.32 Å². The molecule has 0 bridgehead atoms. The molecule has 0 fully saturated rings. The molecule has 0 spiro atoms. The van der Waals surface area contributed by atoms with Crippen LogP contribution in [0.2, 0.25) is 0 Å². The van der Waals surface area contributed by atoms with E-state index in [2.05, 4.69) is 9.71 Å². The third kappa shape index (κ3) is 3.74. The molecule has 2 atom stereocenters. The highest BCUT2D eigenvalue weighted by Crippen LogP contribution is 2.46. The molecule has 2 aromatic carbocycles. The molecule has 1 heterocycles. The normalized spacial score (nSPS) is 23.6. The summed E-state index contributed by atoms with van der Waals surface area (Å²) in [4.78, 5) is 0. The van der Waals surface area contributed by atoms with E-state index < -0.39 is 32.2 Å². The van der Waals surface area contributed by atoms with E-state index in [-0.39, 0.29) is 19.0 Å². The van der Waals surface area contributed by atoms with Crippen LogP contribution in [-0.2, 0) is 19.5 Å². The number of nitrogens with zero attached hydrogens (tertiary/aromatic N) is 1. The van der Waals surface area contributed by atoms with Gasteiger partial charge >= 0.3 is 6.02 Å². The third-order valence-corrected chi connectivity index (χ3v) is 7.71. The van der Waals surface area contributed by atoms with Gasteiger partial charge < -0.3 is 15.2 Å². The zero-order chi connectivity index (χ0) is 21.3. The Morgan fingerprint density at radius 1 is 1.10 bits per heavy atom. The van der Waals surface area contributed by atoms with Gasteiger partial charge in [-0.2, -0.15) is 0 Å². The summed E-state index contributed by atoms with van der Waals surface area (Å²) in [6, 6.07) is 14.0. The fourth-order valence-electron chi connectivity index (χ4n) is 3.52. The van der Waals surface area contributed by atoms with Crippen LogP contribution in [-0.4, -0.2) is 31.8 Å². The summed E-state index contributed by atoms with van der Waals surface area (Å²) in [6.07, 6.45) is 0.153. The number of amidine groups is 1. The van der Waals surface area contributed by atoms with Crippen molar-refractivity contribution in [3.05, 3.63) is 71.5 Å². The number of benzene rings is 2. The molecule has 1 unspecified atom stereocenters. The lowest BCUT2D eigenvalue weighted by Gasteiger charge is -2.45. The van der Waals surface area contributed by atoms with E-state index in [4.69, 9.17) is 4.74 Å². The van der Waals surface area contributed by atoms with Crippen molar-refractivity contribution in [2.24, 2.45) is 4.40 Å². The summed E-state index contributed by atoms with van der Waals surface area (Å²) >= 11 is 0. The Morgan fingerprint density at radius 2 is 1.72 bits per heavy atom. The van der Waals surface area contributed by atoms with Crippen LogP contribution in [0, 0.1) is 5.82 Å². The van der Waals surface area contributed by atoms with Gasteiger partial charge in [0.25, 0.3) is 10.0 Å². The van der Waals surface area contributed by atoms with Crippen molar-refractivity contribution in [3.63, 3.8) is 0 Å². The lowest BCUT2D eigenvalue weighted by atomic mass is 9.85. The molecule has 2 N–H and O–H groups in total. The minimum Gasteiger partial charge on any atom is -0.456 e. The molecule has 2 aromatic rings. The van der Waals surface area contributed by atoms with Crippen molar-refractivity contribution in [2.75, 3.05) is 6.61 Å². The van der Waals surface area contributed by atoms with Gasteiger partial charge in [-0.15, -0.1) is 4.40 Å². The number of hydrogen-bond acceptors (Lipinski definition) is 5. The molecule has 156 valence electrons. The first-order valence-corrected chi connectivity index (χ1v) is 10.8. The highest BCUT2D eigenvalue weighted by Gasteiger charge is 2.58. The van der Waals surface area contributed by atoms with Gasteiger partial charge in [0.15, 0.2) is 4.75 Å². The van der Waals surface area contributed by atoms with Gasteiger partial charge in [-0.05, 0) is 38.8 Å². The molecule has 0 saturated carbocycles. The van der Waals surface area contributed by atoms with Crippen LogP contribution in [0.3, 0.4) is 0 Å². The lowest BCUT2D eigenvalue weighted by Crippen LogP contribution is -2.58. The second-order valence-electron chi connectivity index (χ2n) is 7.61. The molecule has 3 rings (SSSR count). The first-order chi connectivity index (χ1) is 13.6. The second-order valence-corrected chi connectivity index (χ2v) is 9.56. The molecule has 8 heteroatoms. The van der Waals surface area contributed by atoms with Crippen LogP contribution in [0.1, 0.15) is 44.4 Å². The number of nitrogens with one attached hydrogen (secondary N) is 1. The Bertz CT molecular complexity index is 1010. The Balaban J connectivity index is 2.01. The van der Waals surface area contributed by atoms with Crippen molar-refractivity contribution >= 4 is 16.0 Å². The van der Waals surface area contributed by atoms with E-state index in [1.54, 1.807) is 69.3 Å². The van der Waals surface area contributed by atoms with Crippen LogP contribution in [0.15, 0.2) is 59.0 Å². The largest absolute Gasteiger partial charge is 0.456 e. The molecule has 1 aliphatic heterocycles. The van der Waals surface area contributed by atoms with Crippen molar-refractivity contribution in [2.45, 2.75) is 43.6 Å². The van der Waals surface area contributed by atoms with Gasteiger partial charge in [0, 0.05) is 12.2 Å². The number of aliphatic hydroxyl groups is 1. The maximum Gasteiger partial charge on any atom is 0.301 e. The number of halogens is 1. The molecule has 0 radical (unpaired) electrons. The number of ether oxygens (including phenoxy) is 1. The number of rotatable bonds is 5. The monoisotopic (exact) mass is 420 g/mol. The van der Waals surface area contributed by atoms with Crippen molar-refractivity contribution in [1.82, 2.24) is 5.32 Å². The molecule has 6 nitrogen and oxygen atoms in total. The first-order valence-electron chi connectivity index (χ1n) is 9.33. The fraction of sp³-hybridized carbons (Fsp3) is 0.381. The van der Waals surface area contributed by atoms with E-state index in [0.29, 0.717) is 11.1 Å². The lowest BCUT2D eigenvalue weighted by molar-refractivity contribution is 0.0393. The summed E-state index contributed by atoms with van der Waals surface area (Å²) in [5.41, 5.74) is -0.315. The van der Waals surface area contributed by atoms with Gasteiger partial charge in [-0.3, -0.25) is 0 Å². The third-order valence-electron chi connectivity index (χ3n) is 5.54. The number of aliphatic hydroxyl groups excluding tert-OH is 1. The standard InChI is InChI=1S/C21H25FN2O4S/c1-20(2)21(3,15-9-5-4-6-10-15)29(26,27)24-19(28-20)23-18(13-14-25)16-11-7-8-12-17(16)22/h4-12,18,25H,13-14H2,1-3H3,(H,23,24)/t18-,21?/m0/s1. The summed E-state index contributed by atoms with van der Waals surface area (Å²) in [5, 5.41) is 12.3. The molecule has 0 aromatic heterocycles. The quantitative estimate of drug-likeness (QED) is 0.775. The van der Waals surface area contributed by atoms with Crippen LogP contribution in [0.4, 0.5) is 4.39 Å². The molecule has 0 aliphatic carbocycles. The van der Waals surface area contributed by atoms with Crippen LogP contribution in [0.5, 0.6) is 0 Å². The Kier molecular flexibility index (Phi) is 5.69. The minimum absolute atomic E-state index is 0.153.